The van der Waals surface area contributed by atoms with Crippen molar-refractivity contribution in [2.24, 2.45) is 34.5 Å². The third kappa shape index (κ3) is 2.13. The van der Waals surface area contributed by atoms with Crippen LogP contribution in [0.3, 0.4) is 0 Å². The number of allylic oxidation sites excluding steroid dienone is 2. The molecule has 23 heavy (non-hydrogen) atoms. The number of carbonyl (C=O) groups excluding carboxylic acids is 1. The second-order valence-corrected chi connectivity index (χ2v) is 9.45. The molecule has 0 aromatic heterocycles. The second kappa shape index (κ2) is 5.18. The van der Waals surface area contributed by atoms with Crippen LogP contribution in [0.1, 0.15) is 72.1 Å². The molecular weight excluding hydrogens is 284 g/mol. The fraction of sp³-hybridized carbons (Fsp3) is 0.857. The van der Waals surface area contributed by atoms with Gasteiger partial charge in [0, 0.05) is 0 Å². The van der Waals surface area contributed by atoms with E-state index in [2.05, 4.69) is 19.9 Å². The van der Waals surface area contributed by atoms with Crippen LogP contribution in [0, 0.1) is 34.5 Å². The Labute approximate surface area is 140 Å². The molecule has 0 bridgehead atoms. The normalized spacial score (nSPS) is 52.2. The fourth-order valence-electron chi connectivity index (χ4n) is 7.35. The van der Waals surface area contributed by atoms with E-state index in [9.17, 15) is 9.90 Å². The lowest BCUT2D eigenvalue weighted by atomic mass is 9.44. The highest BCUT2D eigenvalue weighted by atomic mass is 16.3. The largest absolute Gasteiger partial charge is 0.393 e. The number of ketones is 1. The minimum Gasteiger partial charge on any atom is -0.393 e. The van der Waals surface area contributed by atoms with Gasteiger partial charge in [0.1, 0.15) is 0 Å². The van der Waals surface area contributed by atoms with Gasteiger partial charge in [-0.2, -0.15) is 0 Å². The van der Waals surface area contributed by atoms with E-state index in [4.69, 9.17) is 0 Å². The molecule has 0 aliphatic heterocycles. The van der Waals surface area contributed by atoms with Crippen LogP contribution >= 0.6 is 0 Å². The Kier molecular flexibility index (Phi) is 3.58. The highest BCUT2D eigenvalue weighted by Gasteiger charge is 2.58. The van der Waals surface area contributed by atoms with Crippen LogP contribution in [0.15, 0.2) is 11.6 Å². The van der Waals surface area contributed by atoms with E-state index in [1.807, 2.05) is 0 Å². The SMILES string of the molecule is CC(=O)C1=CC[C@@H]2[C@H]3CC[C@H]4C[C@H](O)CC[C@]4(C)[C@@H]3CC[C@@]12C. The maximum Gasteiger partial charge on any atom is 0.156 e. The Hall–Kier alpha value is -0.630. The molecule has 0 unspecified atom stereocenters. The van der Waals surface area contributed by atoms with Gasteiger partial charge in [0.05, 0.1) is 6.10 Å². The second-order valence-electron chi connectivity index (χ2n) is 9.45. The third-order valence-electron chi connectivity index (χ3n) is 8.60. The van der Waals surface area contributed by atoms with Gasteiger partial charge in [-0.3, -0.25) is 4.79 Å². The summed E-state index contributed by atoms with van der Waals surface area (Å²) in [4.78, 5) is 12.1. The molecule has 4 aliphatic carbocycles. The van der Waals surface area contributed by atoms with Gasteiger partial charge in [-0.15, -0.1) is 0 Å². The number of rotatable bonds is 1. The van der Waals surface area contributed by atoms with Crippen molar-refractivity contribution in [3.8, 4) is 0 Å². The van der Waals surface area contributed by atoms with E-state index < -0.39 is 0 Å². The molecule has 3 saturated carbocycles. The number of fused-ring (bicyclic) bond motifs is 5. The van der Waals surface area contributed by atoms with Crippen molar-refractivity contribution < 1.29 is 9.90 Å². The minimum atomic E-state index is -0.0593. The molecule has 4 rings (SSSR count). The molecule has 1 N–H and O–H groups in total. The van der Waals surface area contributed by atoms with Crippen molar-refractivity contribution in [3.63, 3.8) is 0 Å². The predicted molar refractivity (Wildman–Crippen MR) is 91.9 cm³/mol. The van der Waals surface area contributed by atoms with Gasteiger partial charge in [0.25, 0.3) is 0 Å². The van der Waals surface area contributed by atoms with E-state index in [-0.39, 0.29) is 11.5 Å². The highest BCUT2D eigenvalue weighted by molar-refractivity contribution is 5.95. The lowest BCUT2D eigenvalue weighted by Crippen LogP contribution is -2.53. The summed E-state index contributed by atoms with van der Waals surface area (Å²) < 4.78 is 0. The monoisotopic (exact) mass is 316 g/mol. The summed E-state index contributed by atoms with van der Waals surface area (Å²) in [5.41, 5.74) is 1.71. The number of hydrogen-bond donors (Lipinski definition) is 1. The van der Waals surface area contributed by atoms with Crippen LogP contribution in [0.25, 0.3) is 0 Å². The van der Waals surface area contributed by atoms with Gasteiger partial charge >= 0.3 is 0 Å². The quantitative estimate of drug-likeness (QED) is 0.772. The standard InChI is InChI=1S/C21H32O2/c1-13(22)17-6-7-18-16-5-4-14-12-15(23)8-10-20(14,2)19(16)9-11-21(17,18)3/h6,14-16,18-19,23H,4-5,7-12H2,1-3H3/t14-,15+,16+,18+,19+,20-,21-/m0/s1. The van der Waals surface area contributed by atoms with Crippen molar-refractivity contribution in [1.82, 2.24) is 0 Å². The van der Waals surface area contributed by atoms with Crippen molar-refractivity contribution in [2.75, 3.05) is 0 Å². The molecule has 2 heteroatoms. The summed E-state index contributed by atoms with van der Waals surface area (Å²) in [5, 5.41) is 10.1. The van der Waals surface area contributed by atoms with E-state index in [1.54, 1.807) is 6.92 Å². The topological polar surface area (TPSA) is 37.3 Å². The first-order valence-corrected chi connectivity index (χ1v) is 9.76. The number of aliphatic hydroxyl groups excluding tert-OH is 1. The fourth-order valence-corrected chi connectivity index (χ4v) is 7.35. The highest BCUT2D eigenvalue weighted by Crippen LogP contribution is 2.66. The predicted octanol–water partition coefficient (Wildman–Crippen LogP) is 4.52. The zero-order valence-electron chi connectivity index (χ0n) is 15.0. The lowest BCUT2D eigenvalue weighted by molar-refractivity contribution is -0.124. The van der Waals surface area contributed by atoms with Gasteiger partial charge in [0.2, 0.25) is 0 Å². The van der Waals surface area contributed by atoms with Crippen LogP contribution in [0.5, 0.6) is 0 Å². The molecule has 0 saturated heterocycles. The smallest absolute Gasteiger partial charge is 0.156 e. The zero-order valence-corrected chi connectivity index (χ0v) is 15.0. The van der Waals surface area contributed by atoms with Crippen LogP contribution in [-0.4, -0.2) is 17.0 Å². The summed E-state index contributed by atoms with van der Waals surface area (Å²) in [6.45, 7) is 6.65. The molecule has 4 aliphatic rings. The maximum absolute atomic E-state index is 12.1. The van der Waals surface area contributed by atoms with E-state index in [0.29, 0.717) is 17.1 Å². The minimum absolute atomic E-state index is 0.0593. The summed E-state index contributed by atoms with van der Waals surface area (Å²) in [6.07, 6.45) is 11.6. The zero-order chi connectivity index (χ0) is 16.4. The van der Waals surface area contributed by atoms with Gasteiger partial charge in [-0.25, -0.2) is 0 Å². The Balaban J connectivity index is 1.62. The molecule has 0 heterocycles. The Morgan fingerprint density at radius 1 is 1.13 bits per heavy atom. The first-order chi connectivity index (χ1) is 10.9. The molecule has 2 nitrogen and oxygen atoms in total. The first-order valence-electron chi connectivity index (χ1n) is 9.76. The Morgan fingerprint density at radius 2 is 1.91 bits per heavy atom. The van der Waals surface area contributed by atoms with Crippen LogP contribution in [0.4, 0.5) is 0 Å². The van der Waals surface area contributed by atoms with Crippen LogP contribution in [-0.2, 0) is 4.79 Å². The first kappa shape index (κ1) is 15.9. The maximum atomic E-state index is 12.1. The molecule has 0 aromatic rings. The number of hydrogen-bond acceptors (Lipinski definition) is 2. The summed E-state index contributed by atoms with van der Waals surface area (Å²) in [7, 11) is 0. The Bertz CT molecular complexity index is 550. The van der Waals surface area contributed by atoms with Crippen molar-refractivity contribution in [3.05, 3.63) is 11.6 Å². The van der Waals surface area contributed by atoms with Crippen LogP contribution in [0.2, 0.25) is 0 Å². The van der Waals surface area contributed by atoms with Gasteiger partial charge in [-0.1, -0.05) is 19.9 Å². The molecule has 0 radical (unpaired) electrons. The van der Waals surface area contributed by atoms with Crippen molar-refractivity contribution >= 4 is 5.78 Å². The number of aliphatic hydroxyl groups is 1. The lowest BCUT2D eigenvalue weighted by Gasteiger charge is -2.60. The van der Waals surface area contributed by atoms with Crippen molar-refractivity contribution in [2.45, 2.75) is 78.2 Å². The summed E-state index contributed by atoms with van der Waals surface area (Å²) >= 11 is 0. The van der Waals surface area contributed by atoms with Gasteiger partial charge < -0.3 is 5.11 Å². The van der Waals surface area contributed by atoms with Crippen LogP contribution < -0.4 is 0 Å². The average Bonchev–Trinajstić information content (AvgIpc) is 2.85. The Morgan fingerprint density at radius 3 is 2.65 bits per heavy atom. The number of carbonyl (C=O) groups is 1. The average molecular weight is 316 g/mol. The number of Topliss-reactive ketones (excluding diaryl/α,β-unsaturated/α-hetero) is 1. The molecule has 7 atom stereocenters. The summed E-state index contributed by atoms with van der Waals surface area (Å²) in [6, 6.07) is 0. The van der Waals surface area contributed by atoms with E-state index >= 15 is 0 Å². The molecule has 0 amide bonds. The third-order valence-corrected chi connectivity index (χ3v) is 8.60. The van der Waals surface area contributed by atoms with E-state index in [0.717, 1.165) is 42.6 Å². The molecule has 128 valence electrons. The molecule has 0 spiro atoms. The van der Waals surface area contributed by atoms with Crippen molar-refractivity contribution in [1.29, 1.82) is 0 Å². The molecule has 3 fully saturated rings. The summed E-state index contributed by atoms with van der Waals surface area (Å²) in [5.74, 6) is 3.31. The van der Waals surface area contributed by atoms with Gasteiger partial charge in [0.15, 0.2) is 5.78 Å². The molecular formula is C21H32O2. The van der Waals surface area contributed by atoms with E-state index in [1.165, 1.54) is 32.1 Å². The molecule has 0 aromatic carbocycles. The van der Waals surface area contributed by atoms with Gasteiger partial charge in [-0.05, 0) is 98.4 Å².